The van der Waals surface area contributed by atoms with E-state index in [9.17, 15) is 15.0 Å². The van der Waals surface area contributed by atoms with Crippen molar-refractivity contribution in [3.8, 4) is 11.5 Å². The Morgan fingerprint density at radius 1 is 0.958 bits per heavy atom. The van der Waals surface area contributed by atoms with Crippen LogP contribution in [0, 0.1) is 0 Å². The highest BCUT2D eigenvalue weighted by Crippen LogP contribution is 2.33. The fourth-order valence-electron chi connectivity index (χ4n) is 2.76. The minimum atomic E-state index is -0.203. The summed E-state index contributed by atoms with van der Waals surface area (Å²) >= 11 is 0. The summed E-state index contributed by atoms with van der Waals surface area (Å²) < 4.78 is 0. The molecule has 0 bridgehead atoms. The second-order valence-electron chi connectivity index (χ2n) is 5.61. The first kappa shape index (κ1) is 15.7. The van der Waals surface area contributed by atoms with Crippen LogP contribution in [0.25, 0.3) is 0 Å². The summed E-state index contributed by atoms with van der Waals surface area (Å²) in [4.78, 5) is 16.2. The average molecular weight is 319 g/mol. The maximum absolute atomic E-state index is 11.8. The molecule has 120 valence electrons. The van der Waals surface area contributed by atoms with Crippen LogP contribution in [0.5, 0.6) is 11.5 Å². The molecule has 0 aliphatic heterocycles. The highest BCUT2D eigenvalue weighted by Gasteiger charge is 2.20. The van der Waals surface area contributed by atoms with E-state index in [1.165, 1.54) is 13.0 Å². The lowest BCUT2D eigenvalue weighted by molar-refractivity contribution is 0.101. The molecule has 2 aromatic carbocycles. The molecule has 0 spiro atoms. The Bertz CT molecular complexity index is 858. The summed E-state index contributed by atoms with van der Waals surface area (Å²) in [5.74, 6) is -0.240. The van der Waals surface area contributed by atoms with Gasteiger partial charge in [-0.3, -0.25) is 9.78 Å². The van der Waals surface area contributed by atoms with Crippen LogP contribution < -0.4 is 0 Å². The fourth-order valence-corrected chi connectivity index (χ4v) is 2.76. The molecule has 0 aliphatic rings. The summed E-state index contributed by atoms with van der Waals surface area (Å²) in [5.41, 5.74) is 2.89. The largest absolute Gasteiger partial charge is 0.508 e. The molecule has 1 atom stereocenters. The monoisotopic (exact) mass is 319 g/mol. The third kappa shape index (κ3) is 3.13. The number of phenols is 2. The van der Waals surface area contributed by atoms with E-state index >= 15 is 0 Å². The minimum Gasteiger partial charge on any atom is -0.508 e. The third-order valence-corrected chi connectivity index (χ3v) is 3.94. The van der Waals surface area contributed by atoms with E-state index in [2.05, 4.69) is 4.98 Å². The number of hydrogen-bond acceptors (Lipinski definition) is 4. The van der Waals surface area contributed by atoms with Crippen molar-refractivity contribution in [2.45, 2.75) is 12.8 Å². The average Bonchev–Trinajstić information content (AvgIpc) is 2.59. The third-order valence-electron chi connectivity index (χ3n) is 3.94. The van der Waals surface area contributed by atoms with Crippen LogP contribution in [0.4, 0.5) is 0 Å². The number of pyridine rings is 1. The molecule has 3 aromatic rings. The molecule has 4 heteroatoms. The number of ketones is 1. The van der Waals surface area contributed by atoms with Crippen molar-refractivity contribution in [2.24, 2.45) is 0 Å². The lowest BCUT2D eigenvalue weighted by Gasteiger charge is -2.19. The van der Waals surface area contributed by atoms with E-state index in [4.69, 9.17) is 0 Å². The molecule has 0 fully saturated rings. The molecule has 4 nitrogen and oxygen atoms in total. The van der Waals surface area contributed by atoms with Gasteiger partial charge in [0.2, 0.25) is 0 Å². The van der Waals surface area contributed by atoms with Crippen molar-refractivity contribution in [2.75, 3.05) is 0 Å². The Morgan fingerprint density at radius 2 is 1.67 bits per heavy atom. The Morgan fingerprint density at radius 3 is 2.29 bits per heavy atom. The normalized spacial score (nSPS) is 11.9. The van der Waals surface area contributed by atoms with Gasteiger partial charge in [-0.15, -0.1) is 0 Å². The van der Waals surface area contributed by atoms with Crippen LogP contribution >= 0.6 is 0 Å². The Hall–Kier alpha value is -3.14. The van der Waals surface area contributed by atoms with Gasteiger partial charge in [-0.05, 0) is 54.4 Å². The summed E-state index contributed by atoms with van der Waals surface area (Å²) in [6, 6.07) is 17.6. The van der Waals surface area contributed by atoms with Gasteiger partial charge in [0.05, 0.1) is 17.2 Å². The van der Waals surface area contributed by atoms with Crippen LogP contribution in [-0.4, -0.2) is 21.0 Å². The van der Waals surface area contributed by atoms with Crippen LogP contribution in [0.3, 0.4) is 0 Å². The SMILES string of the molecule is CC(=O)c1cc(C(c2ccc(O)cc2)c2ccccn2)ccc1O. The first-order chi connectivity index (χ1) is 11.6. The Kier molecular flexibility index (Phi) is 4.29. The fraction of sp³-hybridized carbons (Fsp3) is 0.100. The van der Waals surface area contributed by atoms with Crippen LogP contribution in [0.1, 0.15) is 40.0 Å². The van der Waals surface area contributed by atoms with Gasteiger partial charge in [0.25, 0.3) is 0 Å². The maximum Gasteiger partial charge on any atom is 0.163 e. The Balaban J connectivity index is 2.17. The first-order valence-electron chi connectivity index (χ1n) is 7.60. The number of rotatable bonds is 4. The van der Waals surface area contributed by atoms with E-state index in [-0.39, 0.29) is 28.8 Å². The number of phenolic OH excluding ortho intramolecular Hbond substituents is 2. The second kappa shape index (κ2) is 6.54. The van der Waals surface area contributed by atoms with E-state index in [0.29, 0.717) is 0 Å². The number of benzene rings is 2. The zero-order valence-electron chi connectivity index (χ0n) is 13.2. The van der Waals surface area contributed by atoms with Gasteiger partial charge in [0.1, 0.15) is 11.5 Å². The topological polar surface area (TPSA) is 70.4 Å². The number of aromatic hydroxyl groups is 2. The molecule has 0 aliphatic carbocycles. The number of hydrogen-bond donors (Lipinski definition) is 2. The number of Topliss-reactive ketones (excluding diaryl/α,β-unsaturated/α-hetero) is 1. The van der Waals surface area contributed by atoms with Crippen molar-refractivity contribution in [1.82, 2.24) is 4.98 Å². The molecule has 1 heterocycles. The van der Waals surface area contributed by atoms with Crippen molar-refractivity contribution >= 4 is 5.78 Å². The van der Waals surface area contributed by atoms with E-state index in [1.54, 1.807) is 30.5 Å². The lowest BCUT2D eigenvalue weighted by Crippen LogP contribution is -2.06. The molecular weight excluding hydrogens is 302 g/mol. The van der Waals surface area contributed by atoms with Crippen LogP contribution in [0.2, 0.25) is 0 Å². The molecule has 0 radical (unpaired) electrons. The highest BCUT2D eigenvalue weighted by atomic mass is 16.3. The number of carbonyl (C=O) groups is 1. The van der Waals surface area contributed by atoms with Crippen molar-refractivity contribution < 1.29 is 15.0 Å². The second-order valence-corrected chi connectivity index (χ2v) is 5.61. The molecule has 1 unspecified atom stereocenters. The van der Waals surface area contributed by atoms with Crippen molar-refractivity contribution in [3.63, 3.8) is 0 Å². The van der Waals surface area contributed by atoms with Gasteiger partial charge in [0, 0.05) is 6.20 Å². The van der Waals surface area contributed by atoms with Gasteiger partial charge in [0.15, 0.2) is 5.78 Å². The van der Waals surface area contributed by atoms with Gasteiger partial charge in [-0.25, -0.2) is 0 Å². The predicted molar refractivity (Wildman–Crippen MR) is 91.4 cm³/mol. The summed E-state index contributed by atoms with van der Waals surface area (Å²) in [5, 5.41) is 19.4. The van der Waals surface area contributed by atoms with E-state index < -0.39 is 0 Å². The van der Waals surface area contributed by atoms with Gasteiger partial charge < -0.3 is 10.2 Å². The number of aromatic nitrogens is 1. The zero-order chi connectivity index (χ0) is 17.1. The van der Waals surface area contributed by atoms with Gasteiger partial charge >= 0.3 is 0 Å². The van der Waals surface area contributed by atoms with Gasteiger partial charge in [-0.1, -0.05) is 24.3 Å². The molecule has 24 heavy (non-hydrogen) atoms. The molecular formula is C20H17NO3. The molecule has 1 aromatic heterocycles. The summed E-state index contributed by atoms with van der Waals surface area (Å²) in [7, 11) is 0. The predicted octanol–water partition coefficient (Wildman–Crippen LogP) is 3.88. The standard InChI is InChI=1S/C20H17NO3/c1-13(22)17-12-15(7-10-19(17)24)20(18-4-2-3-11-21-18)14-5-8-16(23)9-6-14/h2-12,20,23-24H,1H3. The molecule has 0 saturated heterocycles. The van der Waals surface area contributed by atoms with Crippen molar-refractivity contribution in [3.05, 3.63) is 89.2 Å². The smallest absolute Gasteiger partial charge is 0.163 e. The van der Waals surface area contributed by atoms with Crippen molar-refractivity contribution in [1.29, 1.82) is 0 Å². The highest BCUT2D eigenvalue weighted by molar-refractivity contribution is 5.96. The summed E-state index contributed by atoms with van der Waals surface area (Å²) in [6.07, 6.45) is 1.72. The molecule has 0 saturated carbocycles. The van der Waals surface area contributed by atoms with Crippen LogP contribution in [-0.2, 0) is 0 Å². The summed E-state index contributed by atoms with van der Waals surface area (Å²) in [6.45, 7) is 1.43. The number of carbonyl (C=O) groups excluding carboxylic acids is 1. The van der Waals surface area contributed by atoms with Crippen LogP contribution in [0.15, 0.2) is 66.9 Å². The molecule has 3 rings (SSSR count). The number of nitrogens with zero attached hydrogens (tertiary/aromatic N) is 1. The van der Waals surface area contributed by atoms with E-state index in [1.807, 2.05) is 30.3 Å². The minimum absolute atomic E-state index is 0.0308. The quantitative estimate of drug-likeness (QED) is 0.716. The Labute approximate surface area is 140 Å². The zero-order valence-corrected chi connectivity index (χ0v) is 13.2. The lowest BCUT2D eigenvalue weighted by atomic mass is 9.87. The van der Waals surface area contributed by atoms with E-state index in [0.717, 1.165) is 16.8 Å². The maximum atomic E-state index is 11.8. The molecule has 0 amide bonds. The molecule has 2 N–H and O–H groups in total. The van der Waals surface area contributed by atoms with Gasteiger partial charge in [-0.2, -0.15) is 0 Å². The first-order valence-corrected chi connectivity index (χ1v) is 7.60.